The highest BCUT2D eigenvalue weighted by atomic mass is 35.5. The Morgan fingerprint density at radius 3 is 2.58 bits per heavy atom. The molecule has 0 radical (unpaired) electrons. The van der Waals surface area contributed by atoms with Crippen LogP contribution in [0.25, 0.3) is 0 Å². The first kappa shape index (κ1) is 18.5. The molecule has 24 heavy (non-hydrogen) atoms. The average Bonchev–Trinajstić information content (AvgIpc) is 3.38. The Morgan fingerprint density at radius 2 is 1.96 bits per heavy atom. The zero-order valence-electron chi connectivity index (χ0n) is 13.1. The molecule has 0 saturated heterocycles. The maximum Gasteiger partial charge on any atom is 0.325 e. The predicted octanol–water partition coefficient (Wildman–Crippen LogP) is 2.18. The van der Waals surface area contributed by atoms with Crippen molar-refractivity contribution in [1.29, 1.82) is 0 Å². The number of amides is 2. The van der Waals surface area contributed by atoms with Crippen LogP contribution in [-0.4, -0.2) is 37.0 Å². The molecule has 1 saturated carbocycles. The Bertz CT molecular complexity index is 647. The lowest BCUT2D eigenvalue weighted by Gasteiger charge is -2.12. The maximum atomic E-state index is 11.9. The molecule has 0 unspecified atom stereocenters. The number of carbonyl (C=O) groups is 3. The van der Waals surface area contributed by atoms with Crippen molar-refractivity contribution in [2.75, 3.05) is 13.2 Å². The molecule has 0 spiro atoms. The number of benzene rings is 1. The van der Waals surface area contributed by atoms with Crippen LogP contribution >= 0.6 is 23.2 Å². The molecule has 6 nitrogen and oxygen atoms in total. The largest absolute Gasteiger partial charge is 0.454 e. The standard InChI is InChI=1S/C16H18Cl2N2O4/c1-9(10-2-3-10)20-14(21)8-24-15(22)7-19-16(23)11-4-5-12(17)13(18)6-11/h4-6,9-10H,2-3,7-8H2,1H3,(H,19,23)(H,20,21)/t9-/m0/s1. The first-order valence-corrected chi connectivity index (χ1v) is 8.30. The van der Waals surface area contributed by atoms with Gasteiger partial charge in [0.25, 0.3) is 11.8 Å². The van der Waals surface area contributed by atoms with E-state index in [9.17, 15) is 14.4 Å². The average molecular weight is 373 g/mol. The van der Waals surface area contributed by atoms with E-state index in [-0.39, 0.29) is 35.7 Å². The van der Waals surface area contributed by atoms with Crippen molar-refractivity contribution in [3.05, 3.63) is 33.8 Å². The fourth-order valence-electron chi connectivity index (χ4n) is 2.10. The van der Waals surface area contributed by atoms with Gasteiger partial charge < -0.3 is 15.4 Å². The first-order chi connectivity index (χ1) is 11.4. The monoisotopic (exact) mass is 372 g/mol. The topological polar surface area (TPSA) is 84.5 Å². The lowest BCUT2D eigenvalue weighted by atomic mass is 10.2. The number of hydrogen-bond acceptors (Lipinski definition) is 4. The summed E-state index contributed by atoms with van der Waals surface area (Å²) in [5.74, 6) is -1.01. The van der Waals surface area contributed by atoms with Gasteiger partial charge in [-0.05, 0) is 43.9 Å². The normalized spacial score (nSPS) is 14.6. The van der Waals surface area contributed by atoms with Gasteiger partial charge in [-0.25, -0.2) is 0 Å². The van der Waals surface area contributed by atoms with Crippen molar-refractivity contribution < 1.29 is 19.1 Å². The van der Waals surface area contributed by atoms with E-state index in [1.54, 1.807) is 0 Å². The number of halogens is 2. The van der Waals surface area contributed by atoms with E-state index < -0.39 is 11.9 Å². The maximum absolute atomic E-state index is 11.9. The zero-order valence-corrected chi connectivity index (χ0v) is 14.6. The van der Waals surface area contributed by atoms with E-state index >= 15 is 0 Å². The van der Waals surface area contributed by atoms with Crippen molar-refractivity contribution in [2.45, 2.75) is 25.8 Å². The Labute approximate surface area is 149 Å². The second-order valence-corrected chi connectivity index (χ2v) is 6.48. The molecule has 0 aromatic heterocycles. The number of carbonyl (C=O) groups excluding carboxylic acids is 3. The Balaban J connectivity index is 1.69. The van der Waals surface area contributed by atoms with Gasteiger partial charge in [0.1, 0.15) is 6.54 Å². The summed E-state index contributed by atoms with van der Waals surface area (Å²) >= 11 is 11.6. The van der Waals surface area contributed by atoms with Crippen LogP contribution in [0, 0.1) is 5.92 Å². The molecule has 1 aliphatic rings. The minimum absolute atomic E-state index is 0.0885. The molecule has 1 atom stereocenters. The van der Waals surface area contributed by atoms with Gasteiger partial charge in [0.15, 0.2) is 6.61 Å². The molecule has 2 N–H and O–H groups in total. The van der Waals surface area contributed by atoms with E-state index in [0.29, 0.717) is 10.9 Å². The minimum atomic E-state index is -0.697. The number of hydrogen-bond donors (Lipinski definition) is 2. The summed E-state index contributed by atoms with van der Waals surface area (Å²) in [5.41, 5.74) is 0.271. The molecule has 2 rings (SSSR count). The highest BCUT2D eigenvalue weighted by Gasteiger charge is 2.28. The summed E-state index contributed by atoms with van der Waals surface area (Å²) in [6, 6.07) is 4.46. The van der Waals surface area contributed by atoms with E-state index in [1.807, 2.05) is 6.92 Å². The smallest absolute Gasteiger partial charge is 0.325 e. The van der Waals surface area contributed by atoms with Crippen molar-refractivity contribution in [3.63, 3.8) is 0 Å². The van der Waals surface area contributed by atoms with Crippen LogP contribution in [0.4, 0.5) is 0 Å². The van der Waals surface area contributed by atoms with Gasteiger partial charge in [-0.1, -0.05) is 23.2 Å². The molecular weight excluding hydrogens is 355 g/mol. The van der Waals surface area contributed by atoms with Gasteiger partial charge in [-0.15, -0.1) is 0 Å². The van der Waals surface area contributed by atoms with Gasteiger partial charge in [0, 0.05) is 11.6 Å². The lowest BCUT2D eigenvalue weighted by molar-refractivity contribution is -0.147. The van der Waals surface area contributed by atoms with Gasteiger partial charge in [-0.2, -0.15) is 0 Å². The Kier molecular flexibility index (Phi) is 6.45. The number of ether oxygens (including phenoxy) is 1. The van der Waals surface area contributed by atoms with E-state index in [2.05, 4.69) is 10.6 Å². The Morgan fingerprint density at radius 1 is 1.25 bits per heavy atom. The van der Waals surface area contributed by atoms with Gasteiger partial charge in [0.2, 0.25) is 0 Å². The summed E-state index contributed by atoms with van der Waals surface area (Å²) in [7, 11) is 0. The summed E-state index contributed by atoms with van der Waals surface area (Å²) in [6.45, 7) is 1.22. The van der Waals surface area contributed by atoms with E-state index in [4.69, 9.17) is 27.9 Å². The van der Waals surface area contributed by atoms with Crippen molar-refractivity contribution in [2.24, 2.45) is 5.92 Å². The molecule has 0 heterocycles. The first-order valence-electron chi connectivity index (χ1n) is 7.55. The molecule has 0 bridgehead atoms. The third-order valence-electron chi connectivity index (χ3n) is 3.66. The summed E-state index contributed by atoms with van der Waals surface area (Å²) in [4.78, 5) is 35.1. The molecule has 8 heteroatoms. The van der Waals surface area contributed by atoms with Crippen molar-refractivity contribution in [1.82, 2.24) is 10.6 Å². The summed E-state index contributed by atoms with van der Waals surface area (Å²) < 4.78 is 4.82. The molecule has 1 fully saturated rings. The minimum Gasteiger partial charge on any atom is -0.454 e. The van der Waals surface area contributed by atoms with Crippen LogP contribution in [0.3, 0.4) is 0 Å². The van der Waals surface area contributed by atoms with Crippen LogP contribution in [-0.2, 0) is 14.3 Å². The zero-order chi connectivity index (χ0) is 17.7. The van der Waals surface area contributed by atoms with Crippen molar-refractivity contribution in [3.8, 4) is 0 Å². The molecule has 0 aliphatic heterocycles. The molecule has 1 aliphatic carbocycles. The Hall–Kier alpha value is -1.79. The van der Waals surface area contributed by atoms with Crippen LogP contribution < -0.4 is 10.6 Å². The second kappa shape index (κ2) is 8.35. The molecule has 2 amide bonds. The fraction of sp³-hybridized carbons (Fsp3) is 0.438. The number of rotatable bonds is 7. The molecule has 130 valence electrons. The predicted molar refractivity (Wildman–Crippen MR) is 90.1 cm³/mol. The van der Waals surface area contributed by atoms with Crippen LogP contribution in [0.1, 0.15) is 30.1 Å². The molecule has 1 aromatic carbocycles. The van der Waals surface area contributed by atoms with E-state index in [1.165, 1.54) is 18.2 Å². The number of nitrogens with one attached hydrogen (secondary N) is 2. The van der Waals surface area contributed by atoms with E-state index in [0.717, 1.165) is 12.8 Å². The van der Waals surface area contributed by atoms with Gasteiger partial charge in [-0.3, -0.25) is 14.4 Å². The van der Waals surface area contributed by atoms with Gasteiger partial charge >= 0.3 is 5.97 Å². The van der Waals surface area contributed by atoms with Crippen LogP contribution in [0.15, 0.2) is 18.2 Å². The summed E-state index contributed by atoms with van der Waals surface area (Å²) in [6.07, 6.45) is 2.23. The third kappa shape index (κ3) is 5.69. The fourth-order valence-corrected chi connectivity index (χ4v) is 2.40. The highest BCUT2D eigenvalue weighted by molar-refractivity contribution is 6.42. The third-order valence-corrected chi connectivity index (χ3v) is 4.40. The molecular formula is C16H18Cl2N2O4. The number of esters is 1. The lowest BCUT2D eigenvalue weighted by Crippen LogP contribution is -2.38. The van der Waals surface area contributed by atoms with Crippen molar-refractivity contribution >= 4 is 41.0 Å². The van der Waals surface area contributed by atoms with Gasteiger partial charge in [0.05, 0.1) is 10.0 Å². The van der Waals surface area contributed by atoms with Crippen LogP contribution in [0.2, 0.25) is 10.0 Å². The van der Waals surface area contributed by atoms with Crippen LogP contribution in [0.5, 0.6) is 0 Å². The molecule has 1 aromatic rings. The summed E-state index contributed by atoms with van der Waals surface area (Å²) in [5, 5.41) is 5.74. The highest BCUT2D eigenvalue weighted by Crippen LogP contribution is 2.32. The second-order valence-electron chi connectivity index (χ2n) is 5.67. The quantitative estimate of drug-likeness (QED) is 0.718. The SMILES string of the molecule is C[C@H](NC(=O)COC(=O)CNC(=O)c1ccc(Cl)c(Cl)c1)C1CC1.